The molecule has 0 aliphatic rings. The molecule has 2 rings (SSSR count). The fraction of sp³-hybridized carbons (Fsp3) is 0.421. The molecule has 2 N–H and O–H groups in total. The van der Waals surface area contributed by atoms with E-state index in [0.29, 0.717) is 12.3 Å². The number of β-amino-alcohol motifs (C(OH)–C–C–N with tert-alkyl or cyclic N) is 1. The lowest BCUT2D eigenvalue weighted by atomic mass is 10.1. The van der Waals surface area contributed by atoms with Gasteiger partial charge in [-0.15, -0.1) is 12.4 Å². The number of aryl methyl sites for hydroxylation is 1. The second-order valence-corrected chi connectivity index (χ2v) is 6.84. The van der Waals surface area contributed by atoms with Crippen molar-refractivity contribution in [2.75, 3.05) is 13.2 Å². The molecule has 6 heteroatoms. The molecule has 5 nitrogen and oxygen atoms in total. The van der Waals surface area contributed by atoms with Crippen LogP contribution in [0.2, 0.25) is 0 Å². The van der Waals surface area contributed by atoms with Gasteiger partial charge < -0.3 is 19.7 Å². The van der Waals surface area contributed by atoms with Crippen molar-refractivity contribution in [1.82, 2.24) is 10.5 Å². The number of aromatic nitrogens is 1. The number of benzene rings is 1. The molecular weight excluding hydrogens is 340 g/mol. The van der Waals surface area contributed by atoms with Crippen molar-refractivity contribution in [2.24, 2.45) is 0 Å². The molecule has 1 aromatic carbocycles. The van der Waals surface area contributed by atoms with Crippen molar-refractivity contribution >= 4 is 24.6 Å². The fourth-order valence-electron chi connectivity index (χ4n) is 2.05. The van der Waals surface area contributed by atoms with Crippen molar-refractivity contribution in [1.29, 1.82) is 0 Å². The summed E-state index contributed by atoms with van der Waals surface area (Å²) >= 11 is 0. The molecule has 1 unspecified atom stereocenters. The molecule has 0 saturated carbocycles. The highest BCUT2D eigenvalue weighted by molar-refractivity contribution is 5.85. The van der Waals surface area contributed by atoms with Crippen molar-refractivity contribution in [2.45, 2.75) is 39.3 Å². The molecule has 2 aromatic rings. The van der Waals surface area contributed by atoms with Gasteiger partial charge in [-0.05, 0) is 45.9 Å². The Morgan fingerprint density at radius 2 is 2.00 bits per heavy atom. The Kier molecular flexibility index (Phi) is 8.16. The van der Waals surface area contributed by atoms with Gasteiger partial charge in [-0.2, -0.15) is 0 Å². The van der Waals surface area contributed by atoms with Gasteiger partial charge in [0.1, 0.15) is 18.5 Å². The number of para-hydroxylation sites is 1. The van der Waals surface area contributed by atoms with Gasteiger partial charge in [0.15, 0.2) is 5.76 Å². The number of rotatable bonds is 7. The van der Waals surface area contributed by atoms with Crippen molar-refractivity contribution < 1.29 is 14.4 Å². The van der Waals surface area contributed by atoms with E-state index < -0.39 is 6.10 Å². The van der Waals surface area contributed by atoms with Gasteiger partial charge in [0.05, 0.1) is 5.69 Å². The third-order valence-electron chi connectivity index (χ3n) is 3.29. The number of hydrogen-bond acceptors (Lipinski definition) is 5. The van der Waals surface area contributed by atoms with Crippen LogP contribution in [0.1, 0.15) is 37.8 Å². The summed E-state index contributed by atoms with van der Waals surface area (Å²) in [6, 6.07) is 9.55. The lowest BCUT2D eigenvalue weighted by Gasteiger charge is -2.23. The monoisotopic (exact) mass is 366 g/mol. The first-order chi connectivity index (χ1) is 11.3. The number of ether oxygens (including phenoxy) is 1. The van der Waals surface area contributed by atoms with E-state index in [2.05, 4.69) is 31.2 Å². The smallest absolute Gasteiger partial charge is 0.159 e. The number of aliphatic hydroxyl groups is 1. The average Bonchev–Trinajstić information content (AvgIpc) is 2.94. The normalized spacial score (nSPS) is 12.8. The van der Waals surface area contributed by atoms with E-state index in [1.165, 1.54) is 0 Å². The Morgan fingerprint density at radius 3 is 2.64 bits per heavy atom. The summed E-state index contributed by atoms with van der Waals surface area (Å²) in [7, 11) is 0. The van der Waals surface area contributed by atoms with Crippen molar-refractivity contribution in [3.8, 4) is 5.75 Å². The Labute approximate surface area is 155 Å². The minimum Gasteiger partial charge on any atom is -0.490 e. The summed E-state index contributed by atoms with van der Waals surface area (Å²) in [5.41, 5.74) is 1.73. The van der Waals surface area contributed by atoms with E-state index in [4.69, 9.17) is 9.26 Å². The molecule has 0 spiro atoms. The van der Waals surface area contributed by atoms with Gasteiger partial charge in [0.2, 0.25) is 0 Å². The van der Waals surface area contributed by atoms with Crippen LogP contribution in [-0.2, 0) is 0 Å². The van der Waals surface area contributed by atoms with Crippen LogP contribution in [0.3, 0.4) is 0 Å². The van der Waals surface area contributed by atoms with Crippen molar-refractivity contribution in [3.63, 3.8) is 0 Å². The highest BCUT2D eigenvalue weighted by atomic mass is 35.5. The van der Waals surface area contributed by atoms with Crippen LogP contribution in [0.5, 0.6) is 5.75 Å². The molecule has 1 heterocycles. The van der Waals surface area contributed by atoms with E-state index in [1.807, 2.05) is 49.4 Å². The highest BCUT2D eigenvalue weighted by Crippen LogP contribution is 2.21. The lowest BCUT2D eigenvalue weighted by molar-refractivity contribution is 0.0999. The minimum atomic E-state index is -0.571. The minimum absolute atomic E-state index is 0. The zero-order valence-electron chi connectivity index (χ0n) is 15.2. The maximum atomic E-state index is 10.0. The van der Waals surface area contributed by atoms with Crippen LogP contribution in [0.4, 0.5) is 0 Å². The summed E-state index contributed by atoms with van der Waals surface area (Å²) in [5, 5.41) is 17.2. The van der Waals surface area contributed by atoms with Crippen LogP contribution in [-0.4, -0.2) is 35.1 Å². The quantitative estimate of drug-likeness (QED) is 0.782. The Hall–Kier alpha value is -1.82. The molecular formula is C19H27ClN2O3. The third kappa shape index (κ3) is 7.73. The van der Waals surface area contributed by atoms with E-state index in [-0.39, 0.29) is 24.6 Å². The number of halogens is 1. The summed E-state index contributed by atoms with van der Waals surface area (Å²) in [5.74, 6) is 1.41. The van der Waals surface area contributed by atoms with E-state index >= 15 is 0 Å². The van der Waals surface area contributed by atoms with E-state index in [0.717, 1.165) is 17.0 Å². The van der Waals surface area contributed by atoms with Gasteiger partial charge in [-0.25, -0.2) is 0 Å². The molecule has 0 aliphatic carbocycles. The van der Waals surface area contributed by atoms with Crippen LogP contribution in [0.15, 0.2) is 34.9 Å². The first kappa shape index (κ1) is 21.2. The standard InChI is InChI=1S/C19H26N2O3.ClH/c1-14-11-17(24-21-14)10-9-15-7-5-6-8-18(15)23-13-16(22)12-20-19(2,3)4;/h5-11,16,20,22H,12-13H2,1-4H3;1H/b10-9+;. The predicted octanol–water partition coefficient (Wildman–Crippen LogP) is 3.70. The van der Waals surface area contributed by atoms with Crippen LogP contribution < -0.4 is 10.1 Å². The zero-order chi connectivity index (χ0) is 17.6. The predicted molar refractivity (Wildman–Crippen MR) is 103 cm³/mol. The van der Waals surface area contributed by atoms with Crippen LogP contribution >= 0.6 is 12.4 Å². The lowest BCUT2D eigenvalue weighted by Crippen LogP contribution is -2.42. The van der Waals surface area contributed by atoms with Gasteiger partial charge in [-0.3, -0.25) is 0 Å². The molecule has 25 heavy (non-hydrogen) atoms. The van der Waals surface area contributed by atoms with Gasteiger partial charge in [-0.1, -0.05) is 23.4 Å². The number of aliphatic hydroxyl groups excluding tert-OH is 1. The van der Waals surface area contributed by atoms with Crippen LogP contribution in [0.25, 0.3) is 12.2 Å². The second-order valence-electron chi connectivity index (χ2n) is 6.84. The molecule has 1 atom stereocenters. The maximum Gasteiger partial charge on any atom is 0.159 e. The van der Waals surface area contributed by atoms with Gasteiger partial charge in [0, 0.05) is 23.7 Å². The molecule has 0 aliphatic heterocycles. The topological polar surface area (TPSA) is 67.5 Å². The molecule has 0 amide bonds. The number of nitrogens with zero attached hydrogens (tertiary/aromatic N) is 1. The van der Waals surface area contributed by atoms with Crippen molar-refractivity contribution in [3.05, 3.63) is 47.3 Å². The SMILES string of the molecule is Cc1cc(/C=C/c2ccccc2OCC(O)CNC(C)(C)C)on1.Cl. The zero-order valence-corrected chi connectivity index (χ0v) is 16.0. The summed E-state index contributed by atoms with van der Waals surface area (Å²) in [6.07, 6.45) is 3.19. The molecule has 0 fully saturated rings. The van der Waals surface area contributed by atoms with Gasteiger partial charge in [0.25, 0.3) is 0 Å². The molecule has 0 bridgehead atoms. The number of nitrogens with one attached hydrogen (secondary N) is 1. The molecule has 0 saturated heterocycles. The molecule has 1 aromatic heterocycles. The molecule has 0 radical (unpaired) electrons. The highest BCUT2D eigenvalue weighted by Gasteiger charge is 2.13. The first-order valence-electron chi connectivity index (χ1n) is 8.10. The number of hydrogen-bond donors (Lipinski definition) is 2. The Bertz CT molecular complexity index is 677. The first-order valence-corrected chi connectivity index (χ1v) is 8.10. The fourth-order valence-corrected chi connectivity index (χ4v) is 2.05. The third-order valence-corrected chi connectivity index (χ3v) is 3.29. The van der Waals surface area contributed by atoms with E-state index in [9.17, 15) is 5.11 Å². The Balaban J connectivity index is 0.00000312. The second kappa shape index (κ2) is 9.61. The molecule has 138 valence electrons. The van der Waals surface area contributed by atoms with E-state index in [1.54, 1.807) is 0 Å². The Morgan fingerprint density at radius 1 is 1.28 bits per heavy atom. The summed E-state index contributed by atoms with van der Waals surface area (Å²) in [6.45, 7) is 8.78. The maximum absolute atomic E-state index is 10.0. The van der Waals surface area contributed by atoms with Gasteiger partial charge >= 0.3 is 0 Å². The average molecular weight is 367 g/mol. The summed E-state index contributed by atoms with van der Waals surface area (Å²) in [4.78, 5) is 0. The summed E-state index contributed by atoms with van der Waals surface area (Å²) < 4.78 is 10.9. The largest absolute Gasteiger partial charge is 0.490 e. The van der Waals surface area contributed by atoms with Crippen LogP contribution in [0, 0.1) is 6.92 Å².